The third-order valence-electron chi connectivity index (χ3n) is 4.78. The van der Waals surface area contributed by atoms with Crippen molar-refractivity contribution < 1.29 is 18.3 Å². The molecule has 0 saturated carbocycles. The minimum absolute atomic E-state index is 0.0943. The van der Waals surface area contributed by atoms with Crippen LogP contribution in [0, 0.1) is 6.92 Å². The van der Waals surface area contributed by atoms with Gasteiger partial charge >= 0.3 is 5.97 Å². The maximum absolute atomic E-state index is 11.9. The molecule has 1 aliphatic rings. The zero-order valence-electron chi connectivity index (χ0n) is 14.9. The Morgan fingerprint density at radius 3 is 2.62 bits per heavy atom. The van der Waals surface area contributed by atoms with Gasteiger partial charge in [0.1, 0.15) is 11.9 Å². The van der Waals surface area contributed by atoms with Gasteiger partial charge in [-0.25, -0.2) is 17.9 Å². The number of rotatable bonds is 6. The SMILES string of the molecule is Cc1cc(N2C[C@H](S(C)(=O)=O)C[C@H]2C(=O)O)n(CCc2ccccc2)n1. The highest BCUT2D eigenvalue weighted by atomic mass is 32.2. The monoisotopic (exact) mass is 377 g/mol. The molecule has 1 N–H and O–H groups in total. The Kier molecular flexibility index (Phi) is 5.04. The summed E-state index contributed by atoms with van der Waals surface area (Å²) in [5.41, 5.74) is 1.94. The molecule has 140 valence electrons. The highest BCUT2D eigenvalue weighted by Crippen LogP contribution is 2.30. The van der Waals surface area contributed by atoms with Gasteiger partial charge in [0.2, 0.25) is 0 Å². The molecular formula is C18H23N3O4S. The van der Waals surface area contributed by atoms with Crippen LogP contribution in [0.4, 0.5) is 5.82 Å². The van der Waals surface area contributed by atoms with Crippen molar-refractivity contribution >= 4 is 21.6 Å². The van der Waals surface area contributed by atoms with Gasteiger partial charge in [0.25, 0.3) is 0 Å². The molecule has 1 aliphatic heterocycles. The van der Waals surface area contributed by atoms with Gasteiger partial charge < -0.3 is 10.0 Å². The van der Waals surface area contributed by atoms with Crippen molar-refractivity contribution in [2.75, 3.05) is 17.7 Å². The van der Waals surface area contributed by atoms with Gasteiger partial charge in [0, 0.05) is 25.4 Å². The van der Waals surface area contributed by atoms with Gasteiger partial charge in [-0.3, -0.25) is 0 Å². The Morgan fingerprint density at radius 1 is 1.31 bits per heavy atom. The highest BCUT2D eigenvalue weighted by molar-refractivity contribution is 7.91. The number of aryl methyl sites for hydroxylation is 3. The summed E-state index contributed by atoms with van der Waals surface area (Å²) in [4.78, 5) is 13.4. The van der Waals surface area contributed by atoms with Crippen molar-refractivity contribution in [1.82, 2.24) is 9.78 Å². The first kappa shape index (κ1) is 18.4. The zero-order chi connectivity index (χ0) is 18.9. The van der Waals surface area contributed by atoms with Crippen molar-refractivity contribution in [3.8, 4) is 0 Å². The summed E-state index contributed by atoms with van der Waals surface area (Å²) in [6, 6.07) is 10.9. The molecule has 1 aromatic heterocycles. The molecule has 0 bridgehead atoms. The molecule has 0 aliphatic carbocycles. The fourth-order valence-electron chi connectivity index (χ4n) is 3.40. The summed E-state index contributed by atoms with van der Waals surface area (Å²) in [7, 11) is -3.31. The molecule has 0 radical (unpaired) electrons. The van der Waals surface area contributed by atoms with Crippen LogP contribution in [0.5, 0.6) is 0 Å². The quantitative estimate of drug-likeness (QED) is 0.820. The number of nitrogens with zero attached hydrogens (tertiary/aromatic N) is 3. The molecule has 0 unspecified atom stereocenters. The molecule has 2 heterocycles. The molecule has 0 spiro atoms. The van der Waals surface area contributed by atoms with Gasteiger partial charge in [-0.15, -0.1) is 0 Å². The lowest BCUT2D eigenvalue weighted by Crippen LogP contribution is -2.37. The second kappa shape index (κ2) is 7.11. The number of aliphatic carboxylic acids is 1. The van der Waals surface area contributed by atoms with E-state index < -0.39 is 27.1 Å². The molecule has 1 saturated heterocycles. The lowest BCUT2D eigenvalue weighted by molar-refractivity contribution is -0.138. The van der Waals surface area contributed by atoms with E-state index in [9.17, 15) is 18.3 Å². The lowest BCUT2D eigenvalue weighted by atomic mass is 10.1. The largest absolute Gasteiger partial charge is 0.480 e. The number of carboxylic acids is 1. The molecule has 26 heavy (non-hydrogen) atoms. The van der Waals surface area contributed by atoms with Crippen LogP contribution in [0.15, 0.2) is 36.4 Å². The maximum Gasteiger partial charge on any atom is 0.326 e. The van der Waals surface area contributed by atoms with E-state index in [4.69, 9.17) is 0 Å². The van der Waals surface area contributed by atoms with E-state index in [1.54, 1.807) is 9.58 Å². The molecule has 8 heteroatoms. The maximum atomic E-state index is 11.9. The first-order valence-corrected chi connectivity index (χ1v) is 10.5. The van der Waals surface area contributed by atoms with Crippen LogP contribution in [0.2, 0.25) is 0 Å². The fourth-order valence-corrected chi connectivity index (χ4v) is 4.37. The van der Waals surface area contributed by atoms with Crippen LogP contribution in [0.25, 0.3) is 0 Å². The van der Waals surface area contributed by atoms with Crippen LogP contribution in [0.3, 0.4) is 0 Å². The zero-order valence-corrected chi connectivity index (χ0v) is 15.7. The van der Waals surface area contributed by atoms with E-state index in [-0.39, 0.29) is 13.0 Å². The summed E-state index contributed by atoms with van der Waals surface area (Å²) >= 11 is 0. The van der Waals surface area contributed by atoms with Crippen LogP contribution >= 0.6 is 0 Å². The van der Waals surface area contributed by atoms with E-state index in [0.29, 0.717) is 12.4 Å². The molecule has 0 amide bonds. The van der Waals surface area contributed by atoms with Crippen molar-refractivity contribution in [1.29, 1.82) is 0 Å². The van der Waals surface area contributed by atoms with Gasteiger partial charge in [0.05, 0.1) is 10.9 Å². The van der Waals surface area contributed by atoms with Gasteiger partial charge in [0.15, 0.2) is 9.84 Å². The van der Waals surface area contributed by atoms with E-state index in [0.717, 1.165) is 23.9 Å². The number of anilines is 1. The standard InChI is InChI=1S/C18H23N3O4S/c1-13-10-17(21(19-13)9-8-14-6-4-3-5-7-14)20-12-15(26(2,24)25)11-16(20)18(22)23/h3-7,10,15-16H,8-9,11-12H2,1-2H3,(H,22,23)/t15-,16+/m1/s1. The third kappa shape index (κ3) is 3.90. The normalized spacial score (nSPS) is 20.5. The predicted molar refractivity (Wildman–Crippen MR) is 99.1 cm³/mol. The average Bonchev–Trinajstić information content (AvgIpc) is 3.17. The third-order valence-corrected chi connectivity index (χ3v) is 6.34. The number of sulfone groups is 1. The summed E-state index contributed by atoms with van der Waals surface area (Å²) < 4.78 is 25.7. The van der Waals surface area contributed by atoms with Crippen molar-refractivity contribution in [2.24, 2.45) is 0 Å². The summed E-state index contributed by atoms with van der Waals surface area (Å²) in [5.74, 6) is -0.346. The number of hydrogen-bond acceptors (Lipinski definition) is 5. The molecule has 2 atom stereocenters. The number of aromatic nitrogens is 2. The highest BCUT2D eigenvalue weighted by Gasteiger charge is 2.42. The number of carbonyl (C=O) groups is 1. The van der Waals surface area contributed by atoms with Crippen LogP contribution < -0.4 is 4.90 Å². The lowest BCUT2D eigenvalue weighted by Gasteiger charge is -2.24. The predicted octanol–water partition coefficient (Wildman–Crippen LogP) is 1.51. The molecular weight excluding hydrogens is 354 g/mol. The van der Waals surface area contributed by atoms with Crippen LogP contribution in [-0.4, -0.2) is 53.4 Å². The van der Waals surface area contributed by atoms with Crippen molar-refractivity contribution in [3.63, 3.8) is 0 Å². The van der Waals surface area contributed by atoms with Gasteiger partial charge in [-0.1, -0.05) is 30.3 Å². The van der Waals surface area contributed by atoms with E-state index in [1.807, 2.05) is 43.3 Å². The van der Waals surface area contributed by atoms with Crippen LogP contribution in [-0.2, 0) is 27.6 Å². The Labute approximate surface area is 153 Å². The Hall–Kier alpha value is -2.35. The van der Waals surface area contributed by atoms with E-state index >= 15 is 0 Å². The van der Waals surface area contributed by atoms with E-state index in [2.05, 4.69) is 5.10 Å². The number of carboxylic acid groups (broad SMARTS) is 1. The van der Waals surface area contributed by atoms with Crippen molar-refractivity contribution in [3.05, 3.63) is 47.7 Å². The Bertz CT molecular complexity index is 892. The summed E-state index contributed by atoms with van der Waals surface area (Å²) in [5, 5.41) is 13.4. The van der Waals surface area contributed by atoms with Gasteiger partial charge in [-0.2, -0.15) is 5.10 Å². The molecule has 7 nitrogen and oxygen atoms in total. The average molecular weight is 377 g/mol. The summed E-state index contributed by atoms with van der Waals surface area (Å²) in [6.07, 6.45) is 2.02. The molecule has 1 fully saturated rings. The van der Waals surface area contributed by atoms with Crippen LogP contribution in [0.1, 0.15) is 17.7 Å². The number of benzene rings is 1. The molecule has 2 aromatic rings. The van der Waals surface area contributed by atoms with E-state index in [1.165, 1.54) is 0 Å². The second-order valence-corrected chi connectivity index (χ2v) is 9.12. The smallest absolute Gasteiger partial charge is 0.326 e. The minimum atomic E-state index is -3.31. The first-order chi connectivity index (χ1) is 12.3. The minimum Gasteiger partial charge on any atom is -0.480 e. The second-order valence-electron chi connectivity index (χ2n) is 6.80. The topological polar surface area (TPSA) is 92.5 Å². The molecule has 3 rings (SSSR count). The first-order valence-electron chi connectivity index (χ1n) is 8.52. The van der Waals surface area contributed by atoms with Crippen molar-refractivity contribution in [2.45, 2.75) is 37.6 Å². The fraction of sp³-hybridized carbons (Fsp3) is 0.444. The number of hydrogen-bond donors (Lipinski definition) is 1. The molecule has 1 aromatic carbocycles. The summed E-state index contributed by atoms with van der Waals surface area (Å²) in [6.45, 7) is 2.62. The van der Waals surface area contributed by atoms with Gasteiger partial charge in [-0.05, 0) is 25.3 Å². The Morgan fingerprint density at radius 2 is 2.00 bits per heavy atom. The Balaban J connectivity index is 1.86.